The number of aryl methyl sites for hydroxylation is 1. The number of nitrogens with one attached hydrogen (secondary N) is 1. The molecule has 1 aromatic carbocycles. The quantitative estimate of drug-likeness (QED) is 0.809. The maximum absolute atomic E-state index is 12.2. The number of aliphatic carboxylic acids is 1. The molecule has 7 heteroatoms. The van der Waals surface area contributed by atoms with Gasteiger partial charge in [-0.25, -0.2) is 8.42 Å². The van der Waals surface area contributed by atoms with E-state index in [2.05, 4.69) is 4.72 Å². The van der Waals surface area contributed by atoms with E-state index in [1.54, 1.807) is 6.92 Å². The molecule has 0 unspecified atom stereocenters. The molecule has 0 spiro atoms. The lowest BCUT2D eigenvalue weighted by atomic mass is 10.1. The standard InChI is InChI=1S/C13H18ClNO4S/c1-3-4-5-11(13(16)17)15-20(18,19)12-7-6-10(14)8-9(12)2/h6-8,11,15H,3-5H2,1-2H3,(H,16,17)/t11-/m0/s1. The van der Waals surface area contributed by atoms with Crippen LogP contribution in [0.3, 0.4) is 0 Å². The topological polar surface area (TPSA) is 83.5 Å². The van der Waals surface area contributed by atoms with Gasteiger partial charge in [-0.15, -0.1) is 0 Å². The summed E-state index contributed by atoms with van der Waals surface area (Å²) in [6.07, 6.45) is 1.70. The largest absolute Gasteiger partial charge is 0.480 e. The van der Waals surface area contributed by atoms with Crippen LogP contribution in [-0.4, -0.2) is 25.5 Å². The predicted molar refractivity (Wildman–Crippen MR) is 77.5 cm³/mol. The molecule has 0 heterocycles. The van der Waals surface area contributed by atoms with Gasteiger partial charge in [0.15, 0.2) is 0 Å². The highest BCUT2D eigenvalue weighted by atomic mass is 35.5. The molecule has 0 fully saturated rings. The fraction of sp³-hybridized carbons (Fsp3) is 0.462. The van der Waals surface area contributed by atoms with Gasteiger partial charge in [0.25, 0.3) is 0 Å². The minimum atomic E-state index is -3.87. The Balaban J connectivity index is 3.00. The number of benzene rings is 1. The average Bonchev–Trinajstić information content (AvgIpc) is 2.33. The fourth-order valence-electron chi connectivity index (χ4n) is 1.81. The van der Waals surface area contributed by atoms with Crippen LogP contribution in [0, 0.1) is 6.92 Å². The average molecular weight is 320 g/mol. The number of hydrogen-bond donors (Lipinski definition) is 2. The Labute approximate surface area is 124 Å². The van der Waals surface area contributed by atoms with Crippen molar-refractivity contribution in [1.29, 1.82) is 0 Å². The molecule has 0 aliphatic carbocycles. The molecular formula is C13H18ClNO4S. The van der Waals surface area contributed by atoms with Crippen molar-refractivity contribution in [2.45, 2.75) is 44.0 Å². The van der Waals surface area contributed by atoms with Crippen molar-refractivity contribution in [2.24, 2.45) is 0 Å². The van der Waals surface area contributed by atoms with Gasteiger partial charge < -0.3 is 5.11 Å². The maximum Gasteiger partial charge on any atom is 0.321 e. The summed E-state index contributed by atoms with van der Waals surface area (Å²) >= 11 is 5.78. The summed E-state index contributed by atoms with van der Waals surface area (Å²) in [5, 5.41) is 9.51. The molecule has 0 aliphatic rings. The second kappa shape index (κ2) is 7.06. The van der Waals surface area contributed by atoms with Gasteiger partial charge in [0.05, 0.1) is 4.90 Å². The molecule has 0 aliphatic heterocycles. The molecule has 0 aromatic heterocycles. The van der Waals surface area contributed by atoms with Crippen molar-refractivity contribution in [3.63, 3.8) is 0 Å². The van der Waals surface area contributed by atoms with Crippen LogP contribution in [0.2, 0.25) is 5.02 Å². The van der Waals surface area contributed by atoms with Gasteiger partial charge >= 0.3 is 5.97 Å². The fourth-order valence-corrected chi connectivity index (χ4v) is 3.48. The number of rotatable bonds is 7. The van der Waals surface area contributed by atoms with Crippen LogP contribution >= 0.6 is 11.6 Å². The highest BCUT2D eigenvalue weighted by Crippen LogP contribution is 2.20. The Kier molecular flexibility index (Phi) is 5.98. The van der Waals surface area contributed by atoms with Crippen LogP contribution < -0.4 is 4.72 Å². The van der Waals surface area contributed by atoms with Gasteiger partial charge in [-0.05, 0) is 37.1 Å². The van der Waals surface area contributed by atoms with E-state index in [-0.39, 0.29) is 11.3 Å². The Bertz CT molecular complexity index is 586. The SMILES string of the molecule is CCCC[C@H](NS(=O)(=O)c1ccc(Cl)cc1C)C(=O)O. The lowest BCUT2D eigenvalue weighted by Crippen LogP contribution is -2.40. The van der Waals surface area contributed by atoms with E-state index in [0.717, 1.165) is 6.42 Å². The molecule has 20 heavy (non-hydrogen) atoms. The highest BCUT2D eigenvalue weighted by molar-refractivity contribution is 7.89. The molecular weight excluding hydrogens is 302 g/mol. The van der Waals surface area contributed by atoms with Gasteiger partial charge in [-0.3, -0.25) is 4.79 Å². The highest BCUT2D eigenvalue weighted by Gasteiger charge is 2.25. The number of unbranched alkanes of at least 4 members (excludes halogenated alkanes) is 1. The summed E-state index contributed by atoms with van der Waals surface area (Å²) in [5.74, 6) is -1.17. The van der Waals surface area contributed by atoms with Crippen LogP contribution in [0.25, 0.3) is 0 Å². The third-order valence-electron chi connectivity index (χ3n) is 2.87. The van der Waals surface area contributed by atoms with E-state index in [1.807, 2.05) is 6.92 Å². The van der Waals surface area contributed by atoms with Crippen LogP contribution in [0.15, 0.2) is 23.1 Å². The molecule has 112 valence electrons. The summed E-state index contributed by atoms with van der Waals surface area (Å²) in [4.78, 5) is 11.2. The zero-order valence-electron chi connectivity index (χ0n) is 11.4. The van der Waals surface area contributed by atoms with Crippen molar-refractivity contribution in [1.82, 2.24) is 4.72 Å². The molecule has 0 amide bonds. The number of hydrogen-bond acceptors (Lipinski definition) is 3. The van der Waals surface area contributed by atoms with Gasteiger partial charge in [-0.2, -0.15) is 4.72 Å². The number of sulfonamides is 1. The van der Waals surface area contributed by atoms with Gasteiger partial charge in [0.2, 0.25) is 10.0 Å². The first-order chi connectivity index (χ1) is 9.27. The second-order valence-electron chi connectivity index (χ2n) is 4.56. The summed E-state index contributed by atoms with van der Waals surface area (Å²) in [6, 6.07) is 3.25. The number of halogens is 1. The Morgan fingerprint density at radius 2 is 2.10 bits per heavy atom. The van der Waals surface area contributed by atoms with Crippen LogP contribution in [0.1, 0.15) is 31.7 Å². The molecule has 1 rings (SSSR count). The predicted octanol–water partition coefficient (Wildman–Crippen LogP) is 2.57. The van der Waals surface area contributed by atoms with Crippen molar-refractivity contribution in [3.05, 3.63) is 28.8 Å². The third-order valence-corrected chi connectivity index (χ3v) is 4.74. The Hall–Kier alpha value is -1.11. The van der Waals surface area contributed by atoms with E-state index in [1.165, 1.54) is 18.2 Å². The Morgan fingerprint density at radius 3 is 2.60 bits per heavy atom. The Morgan fingerprint density at radius 1 is 1.45 bits per heavy atom. The molecule has 0 saturated heterocycles. The number of carboxylic acids is 1. The molecule has 0 radical (unpaired) electrons. The zero-order chi connectivity index (χ0) is 15.3. The van der Waals surface area contributed by atoms with Crippen LogP contribution in [-0.2, 0) is 14.8 Å². The number of carboxylic acid groups (broad SMARTS) is 1. The van der Waals surface area contributed by atoms with E-state index in [9.17, 15) is 13.2 Å². The molecule has 0 saturated carbocycles. The minimum absolute atomic E-state index is 0.0460. The van der Waals surface area contributed by atoms with Gasteiger partial charge in [-0.1, -0.05) is 31.4 Å². The van der Waals surface area contributed by atoms with Gasteiger partial charge in [0, 0.05) is 5.02 Å². The first-order valence-electron chi connectivity index (χ1n) is 6.29. The van der Waals surface area contributed by atoms with E-state index < -0.39 is 22.0 Å². The van der Waals surface area contributed by atoms with Crippen molar-refractivity contribution in [2.75, 3.05) is 0 Å². The molecule has 1 atom stereocenters. The summed E-state index contributed by atoms with van der Waals surface area (Å²) in [5.41, 5.74) is 0.477. The second-order valence-corrected chi connectivity index (χ2v) is 6.68. The van der Waals surface area contributed by atoms with Crippen LogP contribution in [0.5, 0.6) is 0 Å². The molecule has 5 nitrogen and oxygen atoms in total. The normalized spacial score (nSPS) is 13.2. The molecule has 2 N–H and O–H groups in total. The van der Waals surface area contributed by atoms with Crippen LogP contribution in [0.4, 0.5) is 0 Å². The zero-order valence-corrected chi connectivity index (χ0v) is 13.0. The maximum atomic E-state index is 12.2. The first-order valence-corrected chi connectivity index (χ1v) is 8.15. The smallest absolute Gasteiger partial charge is 0.321 e. The molecule has 0 bridgehead atoms. The van der Waals surface area contributed by atoms with E-state index in [0.29, 0.717) is 17.0 Å². The lowest BCUT2D eigenvalue weighted by molar-refractivity contribution is -0.139. The summed E-state index contributed by atoms with van der Waals surface area (Å²) in [6.45, 7) is 3.53. The lowest BCUT2D eigenvalue weighted by Gasteiger charge is -2.15. The number of carbonyl (C=O) groups is 1. The summed E-state index contributed by atoms with van der Waals surface area (Å²) in [7, 11) is -3.87. The third kappa shape index (κ3) is 4.47. The minimum Gasteiger partial charge on any atom is -0.480 e. The van der Waals surface area contributed by atoms with Gasteiger partial charge in [0.1, 0.15) is 6.04 Å². The monoisotopic (exact) mass is 319 g/mol. The molecule has 1 aromatic rings. The van der Waals surface area contributed by atoms with E-state index >= 15 is 0 Å². The van der Waals surface area contributed by atoms with Crippen molar-refractivity contribution < 1.29 is 18.3 Å². The van der Waals surface area contributed by atoms with Crippen molar-refractivity contribution in [3.8, 4) is 0 Å². The first kappa shape index (κ1) is 16.9. The van der Waals surface area contributed by atoms with E-state index in [4.69, 9.17) is 16.7 Å². The summed E-state index contributed by atoms with van der Waals surface area (Å²) < 4.78 is 26.7. The van der Waals surface area contributed by atoms with Crippen molar-refractivity contribution >= 4 is 27.6 Å².